The van der Waals surface area contributed by atoms with Crippen molar-refractivity contribution in [2.24, 2.45) is 5.73 Å². The van der Waals surface area contributed by atoms with Crippen LogP contribution in [0.3, 0.4) is 0 Å². The van der Waals surface area contributed by atoms with E-state index in [-0.39, 0.29) is 6.04 Å². The lowest BCUT2D eigenvalue weighted by Gasteiger charge is -2.27. The fraction of sp³-hybridized carbons (Fsp3) is 0.733. The molecule has 4 heteroatoms. The van der Waals surface area contributed by atoms with Crippen LogP contribution in [0.25, 0.3) is 0 Å². The van der Waals surface area contributed by atoms with Crippen molar-refractivity contribution in [2.45, 2.75) is 38.1 Å². The Bertz CT molecular complexity index is 392. The zero-order valence-corrected chi connectivity index (χ0v) is 11.7. The first kappa shape index (κ1) is 13.0. The highest BCUT2D eigenvalue weighted by Crippen LogP contribution is 2.29. The van der Waals surface area contributed by atoms with Crippen LogP contribution in [0.5, 0.6) is 0 Å². The minimum atomic E-state index is 0.265. The summed E-state index contributed by atoms with van der Waals surface area (Å²) in [5.41, 5.74) is 5.96. The molecule has 3 rings (SSSR count). The van der Waals surface area contributed by atoms with E-state index in [9.17, 15) is 0 Å². The molecule has 0 unspecified atom stereocenters. The maximum Gasteiger partial charge on any atom is 0.195 e. The van der Waals surface area contributed by atoms with Crippen molar-refractivity contribution in [2.75, 3.05) is 37.6 Å². The fourth-order valence-corrected chi connectivity index (χ4v) is 3.30. The van der Waals surface area contributed by atoms with Gasteiger partial charge in [0.25, 0.3) is 0 Å². The van der Waals surface area contributed by atoms with Gasteiger partial charge >= 0.3 is 0 Å². The molecule has 2 N–H and O–H groups in total. The van der Waals surface area contributed by atoms with Crippen molar-refractivity contribution in [1.82, 2.24) is 4.90 Å². The summed E-state index contributed by atoms with van der Waals surface area (Å²) in [6, 6.07) is 4.51. The summed E-state index contributed by atoms with van der Waals surface area (Å²) >= 11 is 0. The van der Waals surface area contributed by atoms with Gasteiger partial charge in [-0.25, -0.2) is 0 Å². The van der Waals surface area contributed by atoms with Gasteiger partial charge in [0.1, 0.15) is 5.76 Å². The Labute approximate surface area is 115 Å². The Balaban J connectivity index is 1.71. The van der Waals surface area contributed by atoms with Crippen LogP contribution >= 0.6 is 0 Å². The second kappa shape index (κ2) is 5.97. The Hall–Kier alpha value is -1.00. The van der Waals surface area contributed by atoms with E-state index in [1.54, 1.807) is 0 Å². The molecule has 1 aromatic rings. The summed E-state index contributed by atoms with van der Waals surface area (Å²) in [5.74, 6) is 2.08. The topological polar surface area (TPSA) is 45.6 Å². The van der Waals surface area contributed by atoms with Crippen molar-refractivity contribution >= 4 is 5.88 Å². The zero-order chi connectivity index (χ0) is 13.1. The van der Waals surface area contributed by atoms with Crippen LogP contribution in [0.1, 0.15) is 43.9 Å². The van der Waals surface area contributed by atoms with Crippen LogP contribution in [-0.4, -0.2) is 37.6 Å². The van der Waals surface area contributed by atoms with Gasteiger partial charge in [-0.1, -0.05) is 0 Å². The average Bonchev–Trinajstić information content (AvgIpc) is 3.12. The predicted molar refractivity (Wildman–Crippen MR) is 77.4 cm³/mol. The molecule has 1 atom stereocenters. The van der Waals surface area contributed by atoms with Crippen molar-refractivity contribution in [3.63, 3.8) is 0 Å². The predicted octanol–water partition coefficient (Wildman–Crippen LogP) is 2.37. The normalized spacial score (nSPS) is 22.9. The molecular formula is C15H25N3O. The lowest BCUT2D eigenvalue weighted by atomic mass is 10.1. The molecule has 2 saturated heterocycles. The number of likely N-dealkylation sites (tertiary alicyclic amines) is 1. The van der Waals surface area contributed by atoms with Gasteiger partial charge in [0.15, 0.2) is 5.88 Å². The van der Waals surface area contributed by atoms with Crippen LogP contribution in [-0.2, 0) is 0 Å². The smallest absolute Gasteiger partial charge is 0.195 e. The quantitative estimate of drug-likeness (QED) is 0.906. The lowest BCUT2D eigenvalue weighted by Crippen LogP contribution is -2.31. The van der Waals surface area contributed by atoms with E-state index in [4.69, 9.17) is 10.2 Å². The van der Waals surface area contributed by atoms with Gasteiger partial charge in [-0.15, -0.1) is 0 Å². The highest BCUT2D eigenvalue weighted by atomic mass is 16.4. The first-order chi connectivity index (χ1) is 9.38. The molecule has 4 nitrogen and oxygen atoms in total. The second-order valence-electron chi connectivity index (χ2n) is 5.72. The maximum absolute atomic E-state index is 6.09. The molecule has 0 aliphatic carbocycles. The summed E-state index contributed by atoms with van der Waals surface area (Å²) in [6.45, 7) is 5.21. The molecule has 3 heterocycles. The van der Waals surface area contributed by atoms with Gasteiger partial charge in [-0.05, 0) is 51.3 Å². The number of piperidine rings is 1. The standard InChI is InChI=1S/C15H25N3O/c16-12-13(17-8-4-5-9-17)14-6-7-15(19-14)18-10-2-1-3-11-18/h6-7,13H,1-5,8-12,16H2/t13-/m1/s1. The molecule has 0 radical (unpaired) electrons. The zero-order valence-electron chi connectivity index (χ0n) is 11.7. The third kappa shape index (κ3) is 2.79. The molecule has 2 aliphatic heterocycles. The number of hydrogen-bond acceptors (Lipinski definition) is 4. The summed E-state index contributed by atoms with van der Waals surface area (Å²) in [7, 11) is 0. The number of nitrogens with zero attached hydrogens (tertiary/aromatic N) is 2. The minimum Gasteiger partial charge on any atom is -0.444 e. The van der Waals surface area contributed by atoms with E-state index in [0.29, 0.717) is 6.54 Å². The van der Waals surface area contributed by atoms with E-state index in [0.717, 1.165) is 37.8 Å². The van der Waals surface area contributed by atoms with Crippen LogP contribution in [0.4, 0.5) is 5.88 Å². The molecule has 19 heavy (non-hydrogen) atoms. The van der Waals surface area contributed by atoms with Gasteiger partial charge in [0.05, 0.1) is 6.04 Å². The second-order valence-corrected chi connectivity index (χ2v) is 5.72. The van der Waals surface area contributed by atoms with Gasteiger partial charge in [0, 0.05) is 25.7 Å². The first-order valence-electron chi connectivity index (χ1n) is 7.67. The average molecular weight is 263 g/mol. The van der Waals surface area contributed by atoms with Crippen LogP contribution in [0, 0.1) is 0 Å². The molecule has 0 aromatic carbocycles. The summed E-state index contributed by atoms with van der Waals surface area (Å²) in [4.78, 5) is 4.82. The van der Waals surface area contributed by atoms with Crippen LogP contribution < -0.4 is 10.6 Å². The molecule has 2 aliphatic rings. The Morgan fingerprint density at radius 1 is 1.00 bits per heavy atom. The third-order valence-corrected chi connectivity index (χ3v) is 4.41. The monoisotopic (exact) mass is 263 g/mol. The maximum atomic E-state index is 6.09. The van der Waals surface area contributed by atoms with Crippen LogP contribution in [0.2, 0.25) is 0 Å². The summed E-state index contributed by atoms with van der Waals surface area (Å²) < 4.78 is 6.09. The van der Waals surface area contributed by atoms with E-state index in [2.05, 4.69) is 21.9 Å². The van der Waals surface area contributed by atoms with E-state index in [1.807, 2.05) is 0 Å². The lowest BCUT2D eigenvalue weighted by molar-refractivity contribution is 0.221. The largest absolute Gasteiger partial charge is 0.444 e. The number of hydrogen-bond donors (Lipinski definition) is 1. The number of anilines is 1. The molecule has 0 saturated carbocycles. The van der Waals surface area contributed by atoms with Gasteiger partial charge in [0.2, 0.25) is 0 Å². The Morgan fingerprint density at radius 2 is 1.68 bits per heavy atom. The molecule has 0 amide bonds. The fourth-order valence-electron chi connectivity index (χ4n) is 3.30. The van der Waals surface area contributed by atoms with Crippen molar-refractivity contribution in [1.29, 1.82) is 0 Å². The minimum absolute atomic E-state index is 0.265. The van der Waals surface area contributed by atoms with Crippen LogP contribution in [0.15, 0.2) is 16.5 Å². The molecular weight excluding hydrogens is 238 g/mol. The van der Waals surface area contributed by atoms with E-state index in [1.165, 1.54) is 32.1 Å². The Morgan fingerprint density at radius 3 is 2.37 bits per heavy atom. The van der Waals surface area contributed by atoms with Gasteiger partial charge in [-0.3, -0.25) is 4.90 Å². The molecule has 0 spiro atoms. The van der Waals surface area contributed by atoms with Gasteiger partial charge < -0.3 is 15.1 Å². The molecule has 0 bridgehead atoms. The first-order valence-corrected chi connectivity index (χ1v) is 7.67. The van der Waals surface area contributed by atoms with Crippen molar-refractivity contribution < 1.29 is 4.42 Å². The summed E-state index contributed by atoms with van der Waals surface area (Å²) in [5, 5.41) is 0. The highest BCUT2D eigenvalue weighted by molar-refractivity contribution is 5.37. The van der Waals surface area contributed by atoms with E-state index >= 15 is 0 Å². The highest BCUT2D eigenvalue weighted by Gasteiger charge is 2.25. The number of nitrogens with two attached hydrogens (primary N) is 1. The van der Waals surface area contributed by atoms with Gasteiger partial charge in [-0.2, -0.15) is 0 Å². The SMILES string of the molecule is NC[C@H](c1ccc(N2CCCCC2)o1)N1CCCC1. The summed E-state index contributed by atoms with van der Waals surface area (Å²) in [6.07, 6.45) is 6.49. The van der Waals surface area contributed by atoms with E-state index < -0.39 is 0 Å². The van der Waals surface area contributed by atoms with Crippen molar-refractivity contribution in [3.05, 3.63) is 17.9 Å². The number of rotatable bonds is 4. The van der Waals surface area contributed by atoms with Crippen molar-refractivity contribution in [3.8, 4) is 0 Å². The molecule has 1 aromatic heterocycles. The number of furan rings is 1. The Kier molecular flexibility index (Phi) is 4.09. The molecule has 106 valence electrons. The third-order valence-electron chi connectivity index (χ3n) is 4.41. The molecule has 2 fully saturated rings.